The number of nitrogens with two attached hydrogens (primary N) is 1. The van der Waals surface area contributed by atoms with Crippen LogP contribution in [0, 0.1) is 0 Å². The molecule has 0 aliphatic carbocycles. The highest BCUT2D eigenvalue weighted by Crippen LogP contribution is 2.10. The van der Waals surface area contributed by atoms with E-state index in [-0.39, 0.29) is 12.5 Å². The largest absolute Gasteiger partial charge is 0.395 e. The van der Waals surface area contributed by atoms with E-state index in [0.29, 0.717) is 18.1 Å². The summed E-state index contributed by atoms with van der Waals surface area (Å²) in [4.78, 5) is 16.7. The van der Waals surface area contributed by atoms with Crippen LogP contribution in [-0.2, 0) is 4.79 Å². The minimum Gasteiger partial charge on any atom is -0.395 e. The van der Waals surface area contributed by atoms with Crippen LogP contribution in [0.3, 0.4) is 0 Å². The summed E-state index contributed by atoms with van der Waals surface area (Å²) in [5.74, 6) is -0.0290. The molecule has 1 aliphatic rings. The van der Waals surface area contributed by atoms with E-state index in [1.807, 2.05) is 0 Å². The molecule has 1 aliphatic heterocycles. The smallest absolute Gasteiger partial charge is 0.238 e. The van der Waals surface area contributed by atoms with Gasteiger partial charge in [-0.3, -0.25) is 14.6 Å². The molecule has 2 rings (SSSR count). The standard InChI is InChI=1S/C15H22N4O2S/c16-15(22)12-1-3-13(4-2-12)17-14(21)11-19-7-5-18(6-8-19)9-10-20/h1-4,20H,5-11H2,(H2,16,22)(H,17,21). The SMILES string of the molecule is NC(=S)c1ccc(NC(=O)CN2CCN(CCO)CC2)cc1. The number of anilines is 1. The maximum atomic E-state index is 12.0. The van der Waals surface area contributed by atoms with Crippen molar-refractivity contribution in [2.45, 2.75) is 0 Å². The van der Waals surface area contributed by atoms with Crippen LogP contribution in [0.15, 0.2) is 24.3 Å². The number of benzene rings is 1. The van der Waals surface area contributed by atoms with Gasteiger partial charge in [0.2, 0.25) is 5.91 Å². The fourth-order valence-electron chi connectivity index (χ4n) is 2.43. The van der Waals surface area contributed by atoms with Crippen LogP contribution in [0.25, 0.3) is 0 Å². The van der Waals surface area contributed by atoms with Gasteiger partial charge in [0.25, 0.3) is 0 Å². The van der Waals surface area contributed by atoms with E-state index < -0.39 is 0 Å². The number of hydrogen-bond donors (Lipinski definition) is 3. The molecule has 4 N–H and O–H groups in total. The van der Waals surface area contributed by atoms with Gasteiger partial charge in [0, 0.05) is 44.0 Å². The molecule has 0 unspecified atom stereocenters. The number of thiocarbonyl (C=S) groups is 1. The van der Waals surface area contributed by atoms with Crippen molar-refractivity contribution in [3.8, 4) is 0 Å². The molecular weight excluding hydrogens is 300 g/mol. The Morgan fingerprint density at radius 2 is 1.77 bits per heavy atom. The summed E-state index contributed by atoms with van der Waals surface area (Å²) < 4.78 is 0. The summed E-state index contributed by atoms with van der Waals surface area (Å²) in [5.41, 5.74) is 7.06. The Morgan fingerprint density at radius 3 is 2.32 bits per heavy atom. The quantitative estimate of drug-likeness (QED) is 0.633. The van der Waals surface area contributed by atoms with Crippen molar-refractivity contribution in [1.29, 1.82) is 0 Å². The lowest BCUT2D eigenvalue weighted by Crippen LogP contribution is -2.49. The van der Waals surface area contributed by atoms with Crippen LogP contribution >= 0.6 is 12.2 Å². The minimum absolute atomic E-state index is 0.0290. The highest BCUT2D eigenvalue weighted by molar-refractivity contribution is 7.80. The molecule has 1 saturated heterocycles. The number of carbonyl (C=O) groups is 1. The highest BCUT2D eigenvalue weighted by atomic mass is 32.1. The monoisotopic (exact) mass is 322 g/mol. The first-order chi connectivity index (χ1) is 10.6. The molecule has 0 aromatic heterocycles. The maximum Gasteiger partial charge on any atom is 0.238 e. The summed E-state index contributed by atoms with van der Waals surface area (Å²) in [5, 5.41) is 11.8. The third-order valence-electron chi connectivity index (χ3n) is 3.70. The zero-order chi connectivity index (χ0) is 15.9. The van der Waals surface area contributed by atoms with E-state index in [1.165, 1.54) is 0 Å². The molecule has 1 heterocycles. The van der Waals surface area contributed by atoms with E-state index in [1.54, 1.807) is 24.3 Å². The van der Waals surface area contributed by atoms with Gasteiger partial charge < -0.3 is 16.2 Å². The summed E-state index contributed by atoms with van der Waals surface area (Å²) in [6, 6.07) is 7.19. The lowest BCUT2D eigenvalue weighted by Gasteiger charge is -2.33. The van der Waals surface area contributed by atoms with Crippen molar-refractivity contribution in [2.75, 3.05) is 51.2 Å². The lowest BCUT2D eigenvalue weighted by molar-refractivity contribution is -0.117. The van der Waals surface area contributed by atoms with Crippen LogP contribution in [0.5, 0.6) is 0 Å². The number of aliphatic hydroxyl groups excluding tert-OH is 1. The van der Waals surface area contributed by atoms with Gasteiger partial charge in [0.15, 0.2) is 0 Å². The predicted molar refractivity (Wildman–Crippen MR) is 90.9 cm³/mol. The molecule has 0 atom stereocenters. The topological polar surface area (TPSA) is 81.8 Å². The van der Waals surface area contributed by atoms with Gasteiger partial charge in [-0.1, -0.05) is 12.2 Å². The molecule has 1 aromatic carbocycles. The molecule has 0 saturated carbocycles. The first-order valence-electron chi connectivity index (χ1n) is 7.34. The van der Waals surface area contributed by atoms with E-state index in [9.17, 15) is 4.79 Å². The molecule has 1 fully saturated rings. The Hall–Kier alpha value is -1.54. The van der Waals surface area contributed by atoms with E-state index in [4.69, 9.17) is 23.1 Å². The number of amides is 1. The zero-order valence-corrected chi connectivity index (χ0v) is 13.3. The van der Waals surface area contributed by atoms with Crippen molar-refractivity contribution < 1.29 is 9.90 Å². The fourth-order valence-corrected chi connectivity index (χ4v) is 2.57. The number of carbonyl (C=O) groups excluding carboxylic acids is 1. The van der Waals surface area contributed by atoms with Crippen molar-refractivity contribution >= 4 is 28.8 Å². The number of nitrogens with zero attached hydrogens (tertiary/aromatic N) is 2. The van der Waals surface area contributed by atoms with E-state index >= 15 is 0 Å². The molecule has 0 spiro atoms. The van der Waals surface area contributed by atoms with Crippen molar-refractivity contribution in [3.63, 3.8) is 0 Å². The van der Waals surface area contributed by atoms with Gasteiger partial charge in [-0.05, 0) is 24.3 Å². The molecular formula is C15H22N4O2S. The second kappa shape index (κ2) is 8.19. The first kappa shape index (κ1) is 16.8. The van der Waals surface area contributed by atoms with Gasteiger partial charge in [0.05, 0.1) is 13.2 Å². The van der Waals surface area contributed by atoms with Gasteiger partial charge in [-0.2, -0.15) is 0 Å². The van der Waals surface area contributed by atoms with Gasteiger partial charge in [-0.15, -0.1) is 0 Å². The Kier molecular flexibility index (Phi) is 6.26. The minimum atomic E-state index is -0.0290. The summed E-state index contributed by atoms with van der Waals surface area (Å²) in [6.45, 7) is 4.72. The third kappa shape index (κ3) is 5.03. The van der Waals surface area contributed by atoms with Crippen LogP contribution in [0.1, 0.15) is 5.56 Å². The molecule has 7 heteroatoms. The fraction of sp³-hybridized carbons (Fsp3) is 0.467. The first-order valence-corrected chi connectivity index (χ1v) is 7.74. The number of β-amino-alcohol motifs (C(OH)–C–C–N with tert-alkyl or cyclic N) is 1. The molecule has 120 valence electrons. The maximum absolute atomic E-state index is 12.0. The third-order valence-corrected chi connectivity index (χ3v) is 3.94. The highest BCUT2D eigenvalue weighted by Gasteiger charge is 2.18. The average Bonchev–Trinajstić information content (AvgIpc) is 2.50. The molecule has 1 amide bonds. The number of rotatable bonds is 6. The second-order valence-electron chi connectivity index (χ2n) is 5.33. The van der Waals surface area contributed by atoms with Gasteiger partial charge in [0.1, 0.15) is 4.99 Å². The molecule has 22 heavy (non-hydrogen) atoms. The van der Waals surface area contributed by atoms with Crippen LogP contribution < -0.4 is 11.1 Å². The second-order valence-corrected chi connectivity index (χ2v) is 5.77. The number of hydrogen-bond acceptors (Lipinski definition) is 5. The molecule has 0 bridgehead atoms. The molecule has 1 aromatic rings. The summed E-state index contributed by atoms with van der Waals surface area (Å²) in [6.07, 6.45) is 0. The normalized spacial score (nSPS) is 16.4. The van der Waals surface area contributed by atoms with Crippen molar-refractivity contribution in [1.82, 2.24) is 9.80 Å². The summed E-state index contributed by atoms with van der Waals surface area (Å²) in [7, 11) is 0. The molecule has 0 radical (unpaired) electrons. The molecule has 6 nitrogen and oxygen atoms in total. The van der Waals surface area contributed by atoms with E-state index in [2.05, 4.69) is 15.1 Å². The van der Waals surface area contributed by atoms with Crippen molar-refractivity contribution in [2.24, 2.45) is 5.73 Å². The predicted octanol–water partition coefficient (Wildman–Crippen LogP) is -0.131. The van der Waals surface area contributed by atoms with Gasteiger partial charge in [-0.25, -0.2) is 0 Å². The number of nitrogens with one attached hydrogen (secondary N) is 1. The number of piperazine rings is 1. The van der Waals surface area contributed by atoms with Crippen molar-refractivity contribution in [3.05, 3.63) is 29.8 Å². The zero-order valence-electron chi connectivity index (χ0n) is 12.5. The van der Waals surface area contributed by atoms with Crippen LogP contribution in [0.4, 0.5) is 5.69 Å². The lowest BCUT2D eigenvalue weighted by atomic mass is 10.2. The Balaban J connectivity index is 1.77. The van der Waals surface area contributed by atoms with Crippen LogP contribution in [-0.4, -0.2) is 71.7 Å². The van der Waals surface area contributed by atoms with Crippen LogP contribution in [0.2, 0.25) is 0 Å². The van der Waals surface area contributed by atoms with Gasteiger partial charge >= 0.3 is 0 Å². The number of aliphatic hydroxyl groups is 1. The Labute approximate surface area is 135 Å². The average molecular weight is 322 g/mol. The summed E-state index contributed by atoms with van der Waals surface area (Å²) >= 11 is 4.89. The Bertz CT molecular complexity index is 513. The Morgan fingerprint density at radius 1 is 1.18 bits per heavy atom. The van der Waals surface area contributed by atoms with E-state index in [0.717, 1.165) is 37.4 Å².